The molecule has 0 spiro atoms. The fourth-order valence-electron chi connectivity index (χ4n) is 1.65. The smallest absolute Gasteiger partial charge is 0.303 e. The lowest BCUT2D eigenvalue weighted by Crippen LogP contribution is -2.48. The summed E-state index contributed by atoms with van der Waals surface area (Å²) < 4.78 is 10.4. The standard InChI is InChI=1S/C9H16O4/c1-5-4-8(11)9(6(2)12-5)13-7(3)10/h5-6,8-9,11H,4H2,1-3H3/t5-,6+,8-,9+/m1/s1. The SMILES string of the molecule is CC(=O)O[C@@H]1[C@H](O)C[C@@H](C)O[C@H]1C. The highest BCUT2D eigenvalue weighted by molar-refractivity contribution is 5.66. The predicted octanol–water partition coefficient (Wildman–Crippen LogP) is 0.476. The minimum absolute atomic E-state index is 0.0248. The number of aliphatic hydroxyl groups excluding tert-OH is 1. The van der Waals surface area contributed by atoms with Crippen molar-refractivity contribution in [3.8, 4) is 0 Å². The third-order valence-electron chi connectivity index (χ3n) is 2.16. The van der Waals surface area contributed by atoms with Crippen LogP contribution in [0, 0.1) is 0 Å². The first kappa shape index (κ1) is 10.5. The minimum Gasteiger partial charge on any atom is -0.457 e. The van der Waals surface area contributed by atoms with Crippen molar-refractivity contribution in [2.75, 3.05) is 0 Å². The molecule has 1 aliphatic heterocycles. The Labute approximate surface area is 77.8 Å². The van der Waals surface area contributed by atoms with Gasteiger partial charge in [0.15, 0.2) is 6.10 Å². The second kappa shape index (κ2) is 4.07. The number of hydrogen-bond acceptors (Lipinski definition) is 4. The van der Waals surface area contributed by atoms with Crippen LogP contribution in [0.4, 0.5) is 0 Å². The maximum Gasteiger partial charge on any atom is 0.303 e. The molecular weight excluding hydrogens is 172 g/mol. The van der Waals surface area contributed by atoms with Gasteiger partial charge in [-0.3, -0.25) is 4.79 Å². The highest BCUT2D eigenvalue weighted by Crippen LogP contribution is 2.22. The Morgan fingerprint density at radius 3 is 2.62 bits per heavy atom. The summed E-state index contributed by atoms with van der Waals surface area (Å²) in [5.74, 6) is -0.381. The topological polar surface area (TPSA) is 55.8 Å². The van der Waals surface area contributed by atoms with Crippen LogP contribution in [0.25, 0.3) is 0 Å². The molecule has 0 saturated carbocycles. The molecular formula is C9H16O4. The number of esters is 1. The van der Waals surface area contributed by atoms with Crippen molar-refractivity contribution in [1.29, 1.82) is 0 Å². The van der Waals surface area contributed by atoms with Crippen molar-refractivity contribution in [3.63, 3.8) is 0 Å². The van der Waals surface area contributed by atoms with Gasteiger partial charge in [0.2, 0.25) is 0 Å². The average molecular weight is 188 g/mol. The number of carbonyl (C=O) groups is 1. The first-order chi connectivity index (χ1) is 6.00. The van der Waals surface area contributed by atoms with Crippen LogP contribution in [0.2, 0.25) is 0 Å². The molecule has 0 amide bonds. The van der Waals surface area contributed by atoms with Crippen LogP contribution < -0.4 is 0 Å². The van der Waals surface area contributed by atoms with E-state index in [4.69, 9.17) is 9.47 Å². The zero-order valence-electron chi connectivity index (χ0n) is 8.19. The normalized spacial score (nSPS) is 40.0. The van der Waals surface area contributed by atoms with Crippen LogP contribution in [0.3, 0.4) is 0 Å². The van der Waals surface area contributed by atoms with Crippen molar-refractivity contribution in [3.05, 3.63) is 0 Å². The zero-order valence-corrected chi connectivity index (χ0v) is 8.19. The Morgan fingerprint density at radius 1 is 1.54 bits per heavy atom. The third-order valence-corrected chi connectivity index (χ3v) is 2.16. The Bertz CT molecular complexity index is 180. The number of ether oxygens (including phenoxy) is 2. The van der Waals surface area contributed by atoms with E-state index in [-0.39, 0.29) is 18.2 Å². The lowest BCUT2D eigenvalue weighted by molar-refractivity contribution is -0.189. The highest BCUT2D eigenvalue weighted by atomic mass is 16.6. The van der Waals surface area contributed by atoms with Crippen LogP contribution in [-0.2, 0) is 14.3 Å². The summed E-state index contributed by atoms with van der Waals surface area (Å²) in [6.07, 6.45) is -0.821. The fraction of sp³-hybridized carbons (Fsp3) is 0.889. The molecule has 4 heteroatoms. The lowest BCUT2D eigenvalue weighted by Gasteiger charge is -2.36. The van der Waals surface area contributed by atoms with Crippen molar-refractivity contribution < 1.29 is 19.4 Å². The van der Waals surface area contributed by atoms with Crippen molar-refractivity contribution in [2.24, 2.45) is 0 Å². The van der Waals surface area contributed by atoms with Crippen LogP contribution >= 0.6 is 0 Å². The molecule has 76 valence electrons. The maximum atomic E-state index is 10.7. The molecule has 0 aromatic carbocycles. The highest BCUT2D eigenvalue weighted by Gasteiger charge is 2.35. The van der Waals surface area contributed by atoms with Gasteiger partial charge in [0.05, 0.1) is 18.3 Å². The molecule has 0 aromatic rings. The van der Waals surface area contributed by atoms with E-state index in [9.17, 15) is 9.90 Å². The molecule has 4 nitrogen and oxygen atoms in total. The molecule has 1 heterocycles. The molecule has 0 aromatic heterocycles. The van der Waals surface area contributed by atoms with E-state index in [1.54, 1.807) is 6.92 Å². The summed E-state index contributed by atoms with van der Waals surface area (Å²) in [6.45, 7) is 5.02. The van der Waals surface area contributed by atoms with Gasteiger partial charge in [0, 0.05) is 13.3 Å². The summed E-state index contributed by atoms with van der Waals surface area (Å²) >= 11 is 0. The van der Waals surface area contributed by atoms with E-state index in [1.807, 2.05) is 6.92 Å². The quantitative estimate of drug-likeness (QED) is 0.608. The molecule has 1 saturated heterocycles. The molecule has 1 N–H and O–H groups in total. The number of hydrogen-bond donors (Lipinski definition) is 1. The van der Waals surface area contributed by atoms with E-state index in [2.05, 4.69) is 0 Å². The second-order valence-corrected chi connectivity index (χ2v) is 3.53. The van der Waals surface area contributed by atoms with Gasteiger partial charge in [0.1, 0.15) is 0 Å². The Morgan fingerprint density at radius 2 is 2.15 bits per heavy atom. The first-order valence-corrected chi connectivity index (χ1v) is 4.51. The van der Waals surface area contributed by atoms with Crippen molar-refractivity contribution in [2.45, 2.75) is 51.6 Å². The lowest BCUT2D eigenvalue weighted by atomic mass is 9.99. The third kappa shape index (κ3) is 2.67. The summed E-state index contributed by atoms with van der Waals surface area (Å²) in [5.41, 5.74) is 0. The van der Waals surface area contributed by atoms with E-state index in [0.717, 1.165) is 0 Å². The van der Waals surface area contributed by atoms with Crippen LogP contribution in [0.15, 0.2) is 0 Å². The Hall–Kier alpha value is -0.610. The van der Waals surface area contributed by atoms with Crippen molar-refractivity contribution >= 4 is 5.97 Å². The molecule has 1 aliphatic rings. The largest absolute Gasteiger partial charge is 0.457 e. The van der Waals surface area contributed by atoms with Gasteiger partial charge in [-0.05, 0) is 13.8 Å². The Balaban J connectivity index is 2.56. The summed E-state index contributed by atoms with van der Waals surface area (Å²) in [4.78, 5) is 10.7. The summed E-state index contributed by atoms with van der Waals surface area (Å²) in [6, 6.07) is 0. The first-order valence-electron chi connectivity index (χ1n) is 4.51. The minimum atomic E-state index is -0.609. The molecule has 13 heavy (non-hydrogen) atoms. The molecule has 1 fully saturated rings. The van der Waals surface area contributed by atoms with Gasteiger partial charge in [-0.15, -0.1) is 0 Å². The summed E-state index contributed by atoms with van der Waals surface area (Å²) in [5, 5.41) is 9.60. The molecule has 0 unspecified atom stereocenters. The van der Waals surface area contributed by atoms with Crippen molar-refractivity contribution in [1.82, 2.24) is 0 Å². The second-order valence-electron chi connectivity index (χ2n) is 3.53. The molecule has 0 aliphatic carbocycles. The number of aliphatic hydroxyl groups is 1. The van der Waals surface area contributed by atoms with Crippen LogP contribution in [0.1, 0.15) is 27.2 Å². The Kier molecular flexibility index (Phi) is 3.27. The van der Waals surface area contributed by atoms with Gasteiger partial charge in [-0.2, -0.15) is 0 Å². The van der Waals surface area contributed by atoms with Crippen LogP contribution in [0.5, 0.6) is 0 Å². The average Bonchev–Trinajstić information content (AvgIpc) is 1.96. The number of carbonyl (C=O) groups excluding carboxylic acids is 1. The molecule has 4 atom stereocenters. The van der Waals surface area contributed by atoms with E-state index >= 15 is 0 Å². The van der Waals surface area contributed by atoms with Crippen LogP contribution in [-0.4, -0.2) is 35.5 Å². The van der Waals surface area contributed by atoms with Gasteiger partial charge >= 0.3 is 5.97 Å². The van der Waals surface area contributed by atoms with Gasteiger partial charge in [-0.1, -0.05) is 0 Å². The maximum absolute atomic E-state index is 10.7. The number of rotatable bonds is 1. The monoisotopic (exact) mass is 188 g/mol. The molecule has 0 radical (unpaired) electrons. The fourth-order valence-corrected chi connectivity index (χ4v) is 1.65. The van der Waals surface area contributed by atoms with Gasteiger partial charge in [0.25, 0.3) is 0 Å². The zero-order chi connectivity index (χ0) is 10.0. The van der Waals surface area contributed by atoms with E-state index in [0.29, 0.717) is 6.42 Å². The van der Waals surface area contributed by atoms with Gasteiger partial charge in [-0.25, -0.2) is 0 Å². The van der Waals surface area contributed by atoms with E-state index < -0.39 is 12.2 Å². The van der Waals surface area contributed by atoms with Gasteiger partial charge < -0.3 is 14.6 Å². The molecule has 1 rings (SSSR count). The van der Waals surface area contributed by atoms with E-state index in [1.165, 1.54) is 6.92 Å². The molecule has 0 bridgehead atoms. The summed E-state index contributed by atoms with van der Waals surface area (Å²) in [7, 11) is 0. The predicted molar refractivity (Wildman–Crippen MR) is 46.2 cm³/mol.